The topological polar surface area (TPSA) is 31.5 Å². The fraction of sp³-hybridized carbons (Fsp3) is 0.909. The third kappa shape index (κ3) is 0.544. The molecule has 0 heterocycles. The second-order valence-electron chi connectivity index (χ2n) is 5.63. The molecule has 0 amide bonds. The van der Waals surface area contributed by atoms with Crippen molar-refractivity contribution >= 4 is 5.78 Å². The van der Waals surface area contributed by atoms with E-state index in [9.17, 15) is 0 Å². The maximum atomic E-state index is 8.89. The third-order valence-corrected chi connectivity index (χ3v) is 5.50. The van der Waals surface area contributed by atoms with Crippen molar-refractivity contribution in [1.29, 1.82) is 0 Å². The molecule has 0 saturated heterocycles. The Kier molecular flexibility index (Phi) is 0.946. The monoisotopic (exact) mass is 179 g/mol. The maximum absolute atomic E-state index is 8.89. The molecule has 70 valence electrons. The smallest absolute Gasteiger partial charge is 0.152 e. The lowest BCUT2D eigenvalue weighted by Crippen LogP contribution is -2.41. The fourth-order valence-electron chi connectivity index (χ4n) is 5.08. The summed E-state index contributed by atoms with van der Waals surface area (Å²) in [5.41, 5.74) is 0.733. The summed E-state index contributed by atoms with van der Waals surface area (Å²) in [5, 5.41) is 8.89. The third-order valence-electron chi connectivity index (χ3n) is 5.50. The Bertz CT molecular complexity index is 281. The number of hydrogen-bond acceptors (Lipinski definition) is 1. The highest BCUT2D eigenvalue weighted by molar-refractivity contribution is 5.86. The first-order valence-electron chi connectivity index (χ1n) is 5.51. The van der Waals surface area contributed by atoms with Crippen LogP contribution in [0.25, 0.3) is 0 Å². The van der Waals surface area contributed by atoms with Crippen LogP contribution in [-0.2, 0) is 4.58 Å². The van der Waals surface area contributed by atoms with Crippen LogP contribution in [0.15, 0.2) is 0 Å². The van der Waals surface area contributed by atoms with Crippen molar-refractivity contribution in [2.24, 2.45) is 29.1 Å². The molecule has 1 N–H and O–H groups in total. The van der Waals surface area contributed by atoms with Gasteiger partial charge in [0.15, 0.2) is 0 Å². The predicted octanol–water partition coefficient (Wildman–Crippen LogP) is 2.02. The van der Waals surface area contributed by atoms with Crippen LogP contribution in [0.5, 0.6) is 0 Å². The second kappa shape index (κ2) is 1.79. The van der Waals surface area contributed by atoms with E-state index < -0.39 is 0 Å². The van der Waals surface area contributed by atoms with Crippen LogP contribution in [0.2, 0.25) is 0 Å². The second-order valence-corrected chi connectivity index (χ2v) is 5.63. The maximum Gasteiger partial charge on any atom is 0.391 e. The summed E-state index contributed by atoms with van der Waals surface area (Å²) < 4.78 is 4.63. The fourth-order valence-corrected chi connectivity index (χ4v) is 5.08. The zero-order valence-electron chi connectivity index (χ0n) is 7.70. The lowest BCUT2D eigenvalue weighted by atomic mass is 9.56. The summed E-state index contributed by atoms with van der Waals surface area (Å²) in [6, 6.07) is 0. The minimum absolute atomic E-state index is 0.612. The van der Waals surface area contributed by atoms with Crippen LogP contribution >= 0.6 is 0 Å². The Balaban J connectivity index is 1.87. The lowest BCUT2D eigenvalue weighted by Gasteiger charge is -2.48. The van der Waals surface area contributed by atoms with Gasteiger partial charge in [-0.15, -0.1) is 0 Å². The van der Waals surface area contributed by atoms with Gasteiger partial charge < -0.3 is 0 Å². The average Bonchev–Trinajstić information content (AvgIpc) is 2.48. The quantitative estimate of drug-likeness (QED) is 0.344. The zero-order chi connectivity index (χ0) is 8.63. The molecule has 4 rings (SSSR count). The highest BCUT2D eigenvalue weighted by atomic mass is 17.1. The summed E-state index contributed by atoms with van der Waals surface area (Å²) >= 11 is 0. The molecule has 4 aliphatic rings. The highest BCUT2D eigenvalue weighted by Gasteiger charge is 2.72. The molecule has 0 aromatic carbocycles. The first-order chi connectivity index (χ1) is 6.33. The minimum Gasteiger partial charge on any atom is -0.152 e. The van der Waals surface area contributed by atoms with Gasteiger partial charge in [-0.2, -0.15) is 5.26 Å². The standard InChI is InChI=1S/C11H15O2/c12-13-10-6-1-8-3-9-2-7(10)5-11(8,9)4-6/h6-9,12H,1-5H2/q+1. The first-order valence-corrected chi connectivity index (χ1v) is 5.51. The molecule has 4 fully saturated rings. The average molecular weight is 179 g/mol. The van der Waals surface area contributed by atoms with Crippen LogP contribution in [0.4, 0.5) is 0 Å². The van der Waals surface area contributed by atoms with Crippen LogP contribution in [-0.4, -0.2) is 11.0 Å². The van der Waals surface area contributed by atoms with Crippen molar-refractivity contribution in [2.45, 2.75) is 32.1 Å². The molecule has 4 saturated carbocycles. The Morgan fingerprint density at radius 3 is 2.23 bits per heavy atom. The van der Waals surface area contributed by atoms with E-state index in [0.717, 1.165) is 23.0 Å². The largest absolute Gasteiger partial charge is 0.391 e. The zero-order valence-corrected chi connectivity index (χ0v) is 7.70. The predicted molar refractivity (Wildman–Crippen MR) is 47.1 cm³/mol. The summed E-state index contributed by atoms with van der Waals surface area (Å²) in [5.74, 6) is 4.24. The molecule has 2 heteroatoms. The van der Waals surface area contributed by atoms with Gasteiger partial charge in [-0.05, 0) is 49.4 Å². The van der Waals surface area contributed by atoms with Gasteiger partial charge >= 0.3 is 5.78 Å². The molecule has 3 bridgehead atoms. The Morgan fingerprint density at radius 1 is 1.08 bits per heavy atom. The van der Waals surface area contributed by atoms with Crippen LogP contribution in [0.3, 0.4) is 0 Å². The molecule has 0 aliphatic heterocycles. The Hall–Kier alpha value is -0.530. The van der Waals surface area contributed by atoms with E-state index in [1.807, 2.05) is 0 Å². The molecule has 1 spiro atoms. The van der Waals surface area contributed by atoms with Crippen molar-refractivity contribution in [3.63, 3.8) is 0 Å². The van der Waals surface area contributed by atoms with Crippen molar-refractivity contribution < 1.29 is 9.83 Å². The van der Waals surface area contributed by atoms with Gasteiger partial charge in [0, 0.05) is 4.58 Å². The highest BCUT2D eigenvalue weighted by Crippen LogP contribution is 2.74. The SMILES string of the molecule is O[O+]=C1C2CC3CC4CC1CC34C2. The molecular formula is C11H15O2+. The first kappa shape index (κ1) is 6.86. The molecule has 0 radical (unpaired) electrons. The molecule has 2 nitrogen and oxygen atoms in total. The normalized spacial score (nSPS) is 60.8. The Morgan fingerprint density at radius 2 is 1.69 bits per heavy atom. The molecule has 4 atom stereocenters. The number of ketones is 1. The van der Waals surface area contributed by atoms with E-state index in [0.29, 0.717) is 11.8 Å². The van der Waals surface area contributed by atoms with Gasteiger partial charge in [-0.1, -0.05) is 0 Å². The van der Waals surface area contributed by atoms with Gasteiger partial charge in [0.1, 0.15) is 0 Å². The van der Waals surface area contributed by atoms with Gasteiger partial charge in [0.2, 0.25) is 0 Å². The summed E-state index contributed by atoms with van der Waals surface area (Å²) in [6.45, 7) is 0. The van der Waals surface area contributed by atoms with Crippen molar-refractivity contribution in [3.05, 3.63) is 0 Å². The molecule has 0 aromatic rings. The van der Waals surface area contributed by atoms with Crippen LogP contribution in [0, 0.1) is 29.1 Å². The van der Waals surface area contributed by atoms with E-state index in [1.54, 1.807) is 0 Å². The van der Waals surface area contributed by atoms with Crippen LogP contribution < -0.4 is 0 Å². The van der Waals surface area contributed by atoms with E-state index in [2.05, 4.69) is 4.58 Å². The minimum atomic E-state index is 0.612. The summed E-state index contributed by atoms with van der Waals surface area (Å²) in [7, 11) is 0. The summed E-state index contributed by atoms with van der Waals surface area (Å²) in [6.07, 6.45) is 6.75. The summed E-state index contributed by atoms with van der Waals surface area (Å²) in [4.78, 5) is 0. The van der Waals surface area contributed by atoms with Gasteiger partial charge in [0.25, 0.3) is 0 Å². The van der Waals surface area contributed by atoms with E-state index in [4.69, 9.17) is 5.26 Å². The number of rotatable bonds is 0. The molecule has 0 aromatic heterocycles. The van der Waals surface area contributed by atoms with Crippen molar-refractivity contribution in [3.8, 4) is 0 Å². The van der Waals surface area contributed by atoms with Gasteiger partial charge in [0.05, 0.1) is 11.8 Å². The van der Waals surface area contributed by atoms with Crippen molar-refractivity contribution in [1.82, 2.24) is 0 Å². The molecule has 4 unspecified atom stereocenters. The lowest BCUT2D eigenvalue weighted by molar-refractivity contribution is -0.740. The van der Waals surface area contributed by atoms with Crippen LogP contribution in [0.1, 0.15) is 32.1 Å². The van der Waals surface area contributed by atoms with E-state index >= 15 is 0 Å². The van der Waals surface area contributed by atoms with Gasteiger partial charge in [-0.3, -0.25) is 0 Å². The Labute approximate surface area is 77.6 Å². The van der Waals surface area contributed by atoms with Crippen molar-refractivity contribution in [2.75, 3.05) is 0 Å². The molecule has 13 heavy (non-hydrogen) atoms. The molecule has 4 aliphatic carbocycles. The van der Waals surface area contributed by atoms with E-state index in [-0.39, 0.29) is 0 Å². The number of hydrogen-bond donors (Lipinski definition) is 1. The number of fused-ring (bicyclic) bond motifs is 2. The van der Waals surface area contributed by atoms with Gasteiger partial charge in [-0.25, -0.2) is 0 Å². The van der Waals surface area contributed by atoms with E-state index in [1.165, 1.54) is 32.1 Å². The number of carbonyl (C=O) groups excluding carboxylic acids is 1. The molecular weight excluding hydrogens is 164 g/mol.